The molecule has 0 amide bonds. The summed E-state index contributed by atoms with van der Waals surface area (Å²) in [6.07, 6.45) is 0.928. The highest BCUT2D eigenvalue weighted by Gasteiger charge is 1.99. The molecule has 2 aromatic rings. The molecule has 0 aliphatic heterocycles. The van der Waals surface area contributed by atoms with Gasteiger partial charge in [-0.25, -0.2) is 0 Å². The van der Waals surface area contributed by atoms with Crippen LogP contribution < -0.4 is 4.74 Å². The summed E-state index contributed by atoms with van der Waals surface area (Å²) in [5.74, 6) is 0.911. The molecule has 104 valence electrons. The molecule has 0 aliphatic carbocycles. The van der Waals surface area contributed by atoms with Crippen molar-refractivity contribution in [1.82, 2.24) is 0 Å². The molecular weight excluding hydrogens is 244 g/mol. The first-order valence-corrected chi connectivity index (χ1v) is 6.97. The molecule has 1 nitrogen and oxygen atoms in total. The lowest BCUT2D eigenvalue weighted by Crippen LogP contribution is -1.97. The van der Waals surface area contributed by atoms with Crippen LogP contribution in [-0.4, -0.2) is 0 Å². The van der Waals surface area contributed by atoms with Gasteiger partial charge in [0.05, 0.1) is 0 Å². The van der Waals surface area contributed by atoms with E-state index in [4.69, 9.17) is 4.74 Å². The second-order valence-corrected chi connectivity index (χ2v) is 5.49. The van der Waals surface area contributed by atoms with E-state index in [1.165, 1.54) is 27.8 Å². The zero-order valence-electron chi connectivity index (χ0n) is 12.6. The van der Waals surface area contributed by atoms with Gasteiger partial charge in [0.25, 0.3) is 0 Å². The van der Waals surface area contributed by atoms with Crippen molar-refractivity contribution >= 4 is 0 Å². The van der Waals surface area contributed by atoms with Crippen LogP contribution in [0.25, 0.3) is 0 Å². The highest BCUT2D eigenvalue weighted by Crippen LogP contribution is 2.17. The molecule has 2 rings (SSSR count). The van der Waals surface area contributed by atoms with Crippen molar-refractivity contribution in [2.45, 2.75) is 33.8 Å². The summed E-state index contributed by atoms with van der Waals surface area (Å²) in [5, 5.41) is 0. The average Bonchev–Trinajstić information content (AvgIpc) is 2.41. The van der Waals surface area contributed by atoms with Crippen LogP contribution in [0.1, 0.15) is 29.2 Å². The third kappa shape index (κ3) is 3.99. The summed E-state index contributed by atoms with van der Waals surface area (Å²) in [5.41, 5.74) is 6.28. The van der Waals surface area contributed by atoms with Crippen LogP contribution in [-0.2, 0) is 13.0 Å². The monoisotopic (exact) mass is 266 g/mol. The normalized spacial score (nSPS) is 10.3. The van der Waals surface area contributed by atoms with E-state index in [1.807, 2.05) is 19.1 Å². The molecule has 0 bridgehead atoms. The van der Waals surface area contributed by atoms with Crippen molar-refractivity contribution < 1.29 is 4.74 Å². The van der Waals surface area contributed by atoms with Crippen LogP contribution in [0.5, 0.6) is 5.75 Å². The van der Waals surface area contributed by atoms with Crippen LogP contribution in [0.15, 0.2) is 54.6 Å². The number of hydrogen-bond donors (Lipinski definition) is 0. The Bertz CT molecular complexity index is 594. The quantitative estimate of drug-likeness (QED) is 0.692. The zero-order valence-corrected chi connectivity index (χ0v) is 12.6. The minimum Gasteiger partial charge on any atom is -0.489 e. The van der Waals surface area contributed by atoms with E-state index >= 15 is 0 Å². The minimum absolute atomic E-state index is 0.612. The van der Waals surface area contributed by atoms with Gasteiger partial charge in [0.1, 0.15) is 12.4 Å². The maximum Gasteiger partial charge on any atom is 0.119 e. The summed E-state index contributed by atoms with van der Waals surface area (Å²) >= 11 is 0. The molecule has 0 heterocycles. The first kappa shape index (κ1) is 14.4. The number of aryl methyl sites for hydroxylation is 2. The summed E-state index contributed by atoms with van der Waals surface area (Å²) in [6, 6.07) is 14.7. The molecule has 0 atom stereocenters. The van der Waals surface area contributed by atoms with Gasteiger partial charge in [-0.2, -0.15) is 0 Å². The zero-order chi connectivity index (χ0) is 14.5. The van der Waals surface area contributed by atoms with E-state index in [9.17, 15) is 0 Å². The largest absolute Gasteiger partial charge is 0.489 e. The molecule has 0 unspecified atom stereocenters. The van der Waals surface area contributed by atoms with Gasteiger partial charge >= 0.3 is 0 Å². The Morgan fingerprint density at radius 3 is 2.20 bits per heavy atom. The number of benzene rings is 2. The highest BCUT2D eigenvalue weighted by molar-refractivity contribution is 5.31. The van der Waals surface area contributed by atoms with Crippen molar-refractivity contribution in [2.75, 3.05) is 0 Å². The number of allylic oxidation sites excluding steroid dienone is 1. The number of hydrogen-bond acceptors (Lipinski definition) is 1. The van der Waals surface area contributed by atoms with Crippen LogP contribution in [0.4, 0.5) is 0 Å². The van der Waals surface area contributed by atoms with Crippen LogP contribution in [0.2, 0.25) is 0 Å². The molecule has 0 aromatic heterocycles. The molecule has 0 radical (unpaired) electrons. The van der Waals surface area contributed by atoms with Gasteiger partial charge in [0.2, 0.25) is 0 Å². The fraction of sp³-hybridized carbons (Fsp3) is 0.263. The molecule has 0 aliphatic rings. The van der Waals surface area contributed by atoms with Crippen molar-refractivity contribution in [3.63, 3.8) is 0 Å². The summed E-state index contributed by atoms with van der Waals surface area (Å²) in [4.78, 5) is 0. The lowest BCUT2D eigenvalue weighted by Gasteiger charge is -2.09. The van der Waals surface area contributed by atoms with Gasteiger partial charge < -0.3 is 4.74 Å². The molecule has 0 fully saturated rings. The Morgan fingerprint density at radius 1 is 0.950 bits per heavy atom. The van der Waals surface area contributed by atoms with Gasteiger partial charge in [0, 0.05) is 0 Å². The first-order chi connectivity index (χ1) is 9.54. The number of rotatable bonds is 5. The maximum atomic E-state index is 5.82. The first-order valence-electron chi connectivity index (χ1n) is 6.97. The fourth-order valence-electron chi connectivity index (χ4n) is 2.11. The molecule has 0 N–H and O–H groups in total. The fourth-order valence-corrected chi connectivity index (χ4v) is 2.11. The third-order valence-corrected chi connectivity index (χ3v) is 3.41. The lowest BCUT2D eigenvalue weighted by atomic mass is 10.1. The van der Waals surface area contributed by atoms with Crippen LogP contribution in [0, 0.1) is 13.8 Å². The van der Waals surface area contributed by atoms with E-state index in [-0.39, 0.29) is 0 Å². The Labute approximate surface area is 121 Å². The lowest BCUT2D eigenvalue weighted by molar-refractivity contribution is 0.306. The third-order valence-electron chi connectivity index (χ3n) is 3.41. The van der Waals surface area contributed by atoms with Crippen LogP contribution in [0.3, 0.4) is 0 Å². The summed E-state index contributed by atoms with van der Waals surface area (Å²) in [7, 11) is 0. The molecule has 2 aromatic carbocycles. The molecule has 1 heteroatoms. The van der Waals surface area contributed by atoms with E-state index in [2.05, 4.69) is 50.8 Å². The van der Waals surface area contributed by atoms with E-state index in [0.29, 0.717) is 6.61 Å². The predicted octanol–water partition coefficient (Wildman–Crippen LogP) is 5.00. The van der Waals surface area contributed by atoms with E-state index < -0.39 is 0 Å². The highest BCUT2D eigenvalue weighted by atomic mass is 16.5. The van der Waals surface area contributed by atoms with Gasteiger partial charge in [-0.3, -0.25) is 0 Å². The molecule has 0 saturated heterocycles. The topological polar surface area (TPSA) is 9.23 Å². The molecule has 20 heavy (non-hydrogen) atoms. The van der Waals surface area contributed by atoms with Gasteiger partial charge in [-0.05, 0) is 61.6 Å². The van der Waals surface area contributed by atoms with Crippen molar-refractivity contribution in [3.05, 3.63) is 76.9 Å². The predicted molar refractivity (Wildman–Crippen MR) is 85.2 cm³/mol. The standard InChI is InChI=1S/C19H22O/c1-14(2)11-17-7-9-19(10-8-17)20-13-18-6-5-15(3)16(4)12-18/h5-10,12H,1,11,13H2,2-4H3. The van der Waals surface area contributed by atoms with Gasteiger partial charge in [0.15, 0.2) is 0 Å². The Balaban J connectivity index is 1.96. The molecular formula is C19H22O. The second-order valence-electron chi connectivity index (χ2n) is 5.49. The van der Waals surface area contributed by atoms with Crippen molar-refractivity contribution in [3.8, 4) is 5.75 Å². The van der Waals surface area contributed by atoms with Crippen molar-refractivity contribution in [2.24, 2.45) is 0 Å². The summed E-state index contributed by atoms with van der Waals surface area (Å²) < 4.78 is 5.82. The Hall–Kier alpha value is -2.02. The SMILES string of the molecule is C=C(C)Cc1ccc(OCc2ccc(C)c(C)c2)cc1. The molecule has 0 saturated carbocycles. The number of ether oxygens (including phenoxy) is 1. The maximum absolute atomic E-state index is 5.82. The van der Waals surface area contributed by atoms with Crippen molar-refractivity contribution in [1.29, 1.82) is 0 Å². The van der Waals surface area contributed by atoms with Crippen LogP contribution >= 0.6 is 0 Å². The summed E-state index contributed by atoms with van der Waals surface area (Å²) in [6.45, 7) is 10.8. The average molecular weight is 266 g/mol. The van der Waals surface area contributed by atoms with Gasteiger partial charge in [-0.1, -0.05) is 42.5 Å². The van der Waals surface area contributed by atoms with E-state index in [0.717, 1.165) is 12.2 Å². The van der Waals surface area contributed by atoms with Gasteiger partial charge in [-0.15, -0.1) is 0 Å². The van der Waals surface area contributed by atoms with E-state index in [1.54, 1.807) is 0 Å². The minimum atomic E-state index is 0.612. The second kappa shape index (κ2) is 6.42. The Morgan fingerprint density at radius 2 is 1.60 bits per heavy atom. The Kier molecular flexibility index (Phi) is 4.62. The smallest absolute Gasteiger partial charge is 0.119 e. The molecule has 0 spiro atoms.